The number of rotatable bonds is 4. The molecule has 0 radical (unpaired) electrons. The average Bonchev–Trinajstić information content (AvgIpc) is 3.16. The number of para-hydroxylation sites is 1. The van der Waals surface area contributed by atoms with Crippen LogP contribution in [0, 0.1) is 0 Å². The average molecular weight is 408 g/mol. The lowest BCUT2D eigenvalue weighted by atomic mass is 9.89. The molecule has 4 aromatic rings. The van der Waals surface area contributed by atoms with Crippen LogP contribution in [0.1, 0.15) is 27.4 Å². The second-order valence-corrected chi connectivity index (χ2v) is 7.51. The largest absolute Gasteiger partial charge is 0.467 e. The molecule has 0 saturated heterocycles. The molecule has 31 heavy (non-hydrogen) atoms. The van der Waals surface area contributed by atoms with Gasteiger partial charge in [-0.15, -0.1) is 0 Å². The van der Waals surface area contributed by atoms with Gasteiger partial charge in [-0.3, -0.25) is 9.78 Å². The Balaban J connectivity index is 1.59. The number of esters is 1. The van der Waals surface area contributed by atoms with Gasteiger partial charge in [0.15, 0.2) is 0 Å². The Morgan fingerprint density at radius 2 is 1.52 bits per heavy atom. The van der Waals surface area contributed by atoms with Crippen LogP contribution in [0.25, 0.3) is 22.0 Å². The van der Waals surface area contributed by atoms with Crippen LogP contribution in [-0.2, 0) is 9.53 Å². The fourth-order valence-corrected chi connectivity index (χ4v) is 4.47. The zero-order valence-electron chi connectivity index (χ0n) is 16.9. The van der Waals surface area contributed by atoms with E-state index >= 15 is 0 Å². The second kappa shape index (κ2) is 7.69. The van der Waals surface area contributed by atoms with Gasteiger partial charge in [0.25, 0.3) is 5.91 Å². The van der Waals surface area contributed by atoms with Gasteiger partial charge in [-0.05, 0) is 34.4 Å². The SMILES string of the molecule is COC(=O)[C@@H](NC(=O)c1cccc2cccnc12)C1c2ccccc2-c2ccccc21. The first-order valence-electron chi connectivity index (χ1n) is 10.1. The van der Waals surface area contributed by atoms with E-state index in [9.17, 15) is 9.59 Å². The Labute approximate surface area is 179 Å². The lowest BCUT2D eigenvalue weighted by Crippen LogP contribution is -2.45. The first kappa shape index (κ1) is 19.0. The number of nitrogens with zero attached hydrogens (tertiary/aromatic N) is 1. The van der Waals surface area contributed by atoms with Crippen LogP contribution in [0.2, 0.25) is 0 Å². The summed E-state index contributed by atoms with van der Waals surface area (Å²) in [6, 6.07) is 24.2. The topological polar surface area (TPSA) is 68.3 Å². The van der Waals surface area contributed by atoms with Gasteiger partial charge < -0.3 is 10.1 Å². The van der Waals surface area contributed by atoms with Crippen molar-refractivity contribution in [3.8, 4) is 11.1 Å². The van der Waals surface area contributed by atoms with E-state index in [1.54, 1.807) is 12.3 Å². The van der Waals surface area contributed by atoms with Crippen LogP contribution >= 0.6 is 0 Å². The molecule has 1 aliphatic carbocycles. The molecule has 1 atom stereocenters. The summed E-state index contributed by atoms with van der Waals surface area (Å²) in [5, 5.41) is 3.81. The predicted octanol–water partition coefficient (Wildman–Crippen LogP) is 4.32. The summed E-state index contributed by atoms with van der Waals surface area (Å²) < 4.78 is 5.11. The number of nitrogens with one attached hydrogen (secondary N) is 1. The summed E-state index contributed by atoms with van der Waals surface area (Å²) in [6.07, 6.45) is 1.65. The van der Waals surface area contributed by atoms with Crippen molar-refractivity contribution in [1.29, 1.82) is 0 Å². The van der Waals surface area contributed by atoms with Crippen molar-refractivity contribution in [1.82, 2.24) is 10.3 Å². The number of ether oxygens (including phenoxy) is 1. The van der Waals surface area contributed by atoms with Crippen molar-refractivity contribution in [2.24, 2.45) is 0 Å². The third kappa shape index (κ3) is 3.15. The highest BCUT2D eigenvalue weighted by Crippen LogP contribution is 2.46. The molecule has 0 spiro atoms. The highest BCUT2D eigenvalue weighted by Gasteiger charge is 2.39. The Kier molecular flexibility index (Phi) is 4.71. The number of hydrogen-bond donors (Lipinski definition) is 1. The Hall–Kier alpha value is -3.99. The molecule has 0 fully saturated rings. The zero-order chi connectivity index (χ0) is 21.4. The maximum absolute atomic E-state index is 13.3. The smallest absolute Gasteiger partial charge is 0.329 e. The molecule has 0 aliphatic heterocycles. The number of carbonyl (C=O) groups excluding carboxylic acids is 2. The quantitative estimate of drug-likeness (QED) is 0.511. The molecule has 3 aromatic carbocycles. The molecular weight excluding hydrogens is 388 g/mol. The van der Waals surface area contributed by atoms with E-state index in [2.05, 4.69) is 10.3 Å². The van der Waals surface area contributed by atoms with E-state index in [-0.39, 0.29) is 11.8 Å². The minimum Gasteiger partial charge on any atom is -0.467 e. The van der Waals surface area contributed by atoms with Gasteiger partial charge in [-0.25, -0.2) is 4.79 Å². The van der Waals surface area contributed by atoms with Crippen LogP contribution in [0.5, 0.6) is 0 Å². The maximum Gasteiger partial charge on any atom is 0.329 e. The van der Waals surface area contributed by atoms with Gasteiger partial charge >= 0.3 is 5.97 Å². The van der Waals surface area contributed by atoms with E-state index in [0.717, 1.165) is 27.6 Å². The van der Waals surface area contributed by atoms with Crippen molar-refractivity contribution in [3.05, 3.63) is 102 Å². The van der Waals surface area contributed by atoms with Crippen molar-refractivity contribution in [2.75, 3.05) is 7.11 Å². The number of hydrogen-bond acceptors (Lipinski definition) is 4. The second-order valence-electron chi connectivity index (χ2n) is 7.51. The molecule has 1 N–H and O–H groups in total. The first-order chi connectivity index (χ1) is 15.2. The van der Waals surface area contributed by atoms with Gasteiger partial charge in [-0.1, -0.05) is 66.7 Å². The molecule has 1 heterocycles. The minimum atomic E-state index is -0.874. The Morgan fingerprint density at radius 1 is 0.871 bits per heavy atom. The summed E-state index contributed by atoms with van der Waals surface area (Å²) in [6.45, 7) is 0. The fraction of sp³-hybridized carbons (Fsp3) is 0.115. The molecule has 1 aliphatic rings. The summed E-state index contributed by atoms with van der Waals surface area (Å²) in [5.41, 5.74) is 5.15. The molecule has 0 saturated carbocycles. The van der Waals surface area contributed by atoms with Crippen molar-refractivity contribution >= 4 is 22.8 Å². The number of benzene rings is 3. The van der Waals surface area contributed by atoms with Gasteiger partial charge in [-0.2, -0.15) is 0 Å². The van der Waals surface area contributed by atoms with Crippen molar-refractivity contribution < 1.29 is 14.3 Å². The number of carbonyl (C=O) groups is 2. The molecule has 5 rings (SSSR count). The highest BCUT2D eigenvalue weighted by molar-refractivity contribution is 6.06. The Morgan fingerprint density at radius 3 is 2.19 bits per heavy atom. The normalized spacial score (nSPS) is 13.3. The molecule has 0 bridgehead atoms. The summed E-state index contributed by atoms with van der Waals surface area (Å²) >= 11 is 0. The van der Waals surface area contributed by atoms with Crippen molar-refractivity contribution in [2.45, 2.75) is 12.0 Å². The van der Waals surface area contributed by atoms with E-state index in [1.165, 1.54) is 7.11 Å². The zero-order valence-corrected chi connectivity index (χ0v) is 16.9. The number of fused-ring (bicyclic) bond motifs is 4. The van der Waals surface area contributed by atoms with Crippen LogP contribution in [0.4, 0.5) is 0 Å². The Bertz CT molecular complexity index is 1260. The van der Waals surface area contributed by atoms with Gasteiger partial charge in [0.2, 0.25) is 0 Å². The lowest BCUT2D eigenvalue weighted by molar-refractivity contribution is -0.143. The molecule has 0 unspecified atom stereocenters. The predicted molar refractivity (Wildman–Crippen MR) is 119 cm³/mol. The molecule has 1 aromatic heterocycles. The molecule has 1 amide bonds. The lowest BCUT2D eigenvalue weighted by Gasteiger charge is -2.24. The molecule has 5 heteroatoms. The highest BCUT2D eigenvalue weighted by atomic mass is 16.5. The van der Waals surface area contributed by atoms with E-state index < -0.39 is 12.0 Å². The minimum absolute atomic E-state index is 0.341. The summed E-state index contributed by atoms with van der Waals surface area (Å²) in [4.78, 5) is 30.6. The van der Waals surface area contributed by atoms with Crippen LogP contribution in [0.3, 0.4) is 0 Å². The molecular formula is C26H20N2O3. The van der Waals surface area contributed by atoms with Gasteiger partial charge in [0.05, 0.1) is 18.2 Å². The van der Waals surface area contributed by atoms with E-state index in [0.29, 0.717) is 11.1 Å². The number of amides is 1. The van der Waals surface area contributed by atoms with Crippen molar-refractivity contribution in [3.63, 3.8) is 0 Å². The molecule has 5 nitrogen and oxygen atoms in total. The van der Waals surface area contributed by atoms with Crippen LogP contribution in [0.15, 0.2) is 85.1 Å². The maximum atomic E-state index is 13.3. The number of aromatic nitrogens is 1. The van der Waals surface area contributed by atoms with Gasteiger partial charge in [0, 0.05) is 17.5 Å². The summed E-state index contributed by atoms with van der Waals surface area (Å²) in [5.74, 6) is -1.19. The standard InChI is InChI=1S/C26H20N2O3/c1-31-26(30)24(28-25(29)21-14-6-8-16-9-7-15-27-23(16)21)22-19-12-4-2-10-17(19)18-11-3-5-13-20(18)22/h2-15,22,24H,1H3,(H,28,29)/t24-/m0/s1. The third-order valence-corrected chi connectivity index (χ3v) is 5.83. The number of methoxy groups -OCH3 is 1. The summed E-state index contributed by atoms with van der Waals surface area (Å²) in [7, 11) is 1.34. The number of pyridine rings is 1. The third-order valence-electron chi connectivity index (χ3n) is 5.83. The van der Waals surface area contributed by atoms with Crippen LogP contribution < -0.4 is 5.32 Å². The van der Waals surface area contributed by atoms with Gasteiger partial charge in [0.1, 0.15) is 6.04 Å². The van der Waals surface area contributed by atoms with E-state index in [1.807, 2.05) is 72.8 Å². The molecule has 152 valence electrons. The monoisotopic (exact) mass is 408 g/mol. The van der Waals surface area contributed by atoms with E-state index in [4.69, 9.17) is 4.74 Å². The fourth-order valence-electron chi connectivity index (χ4n) is 4.47. The van der Waals surface area contributed by atoms with Crippen LogP contribution in [-0.4, -0.2) is 30.0 Å². The first-order valence-corrected chi connectivity index (χ1v) is 10.1.